The molecule has 0 radical (unpaired) electrons. The van der Waals surface area contributed by atoms with Crippen LogP contribution in [0.2, 0.25) is 0 Å². The van der Waals surface area contributed by atoms with Gasteiger partial charge in [-0.3, -0.25) is 0 Å². The number of hydrogen-bond acceptors (Lipinski definition) is 1. The number of ether oxygens (including phenoxy) is 1. The third-order valence-electron chi connectivity index (χ3n) is 3.58. The Kier molecular flexibility index (Phi) is 3.06. The molecule has 0 N–H and O–H groups in total. The van der Waals surface area contributed by atoms with Gasteiger partial charge in [0.1, 0.15) is 11.5 Å². The molecule has 0 bridgehead atoms. The SMILES string of the molecule is Cc1ccc(Oc2ccc3c(c2)CCCC3)cc1. The lowest BCUT2D eigenvalue weighted by molar-refractivity contribution is 0.480. The predicted octanol–water partition coefficient (Wildman–Crippen LogP) is 4.67. The second-order valence-corrected chi connectivity index (χ2v) is 5.05. The molecule has 92 valence electrons. The summed E-state index contributed by atoms with van der Waals surface area (Å²) in [5, 5.41) is 0. The summed E-state index contributed by atoms with van der Waals surface area (Å²) in [6.07, 6.45) is 5.05. The number of hydrogen-bond donors (Lipinski definition) is 0. The minimum atomic E-state index is 0.913. The molecule has 1 heteroatoms. The molecule has 2 aromatic carbocycles. The first-order valence-corrected chi connectivity index (χ1v) is 6.67. The molecule has 0 aliphatic heterocycles. The summed E-state index contributed by atoms with van der Waals surface area (Å²) in [6, 6.07) is 14.7. The average Bonchev–Trinajstić information content (AvgIpc) is 2.41. The lowest BCUT2D eigenvalue weighted by Gasteiger charge is -2.16. The lowest BCUT2D eigenvalue weighted by Crippen LogP contribution is -2.02. The van der Waals surface area contributed by atoms with Crippen LogP contribution in [0.1, 0.15) is 29.5 Å². The topological polar surface area (TPSA) is 9.23 Å². The van der Waals surface area contributed by atoms with Gasteiger partial charge in [0.25, 0.3) is 0 Å². The Hall–Kier alpha value is -1.76. The molecule has 18 heavy (non-hydrogen) atoms. The molecule has 0 atom stereocenters. The number of benzene rings is 2. The van der Waals surface area contributed by atoms with Gasteiger partial charge in [0.15, 0.2) is 0 Å². The summed E-state index contributed by atoms with van der Waals surface area (Å²) in [5.41, 5.74) is 4.22. The van der Waals surface area contributed by atoms with E-state index in [1.807, 2.05) is 12.1 Å². The molecule has 0 amide bonds. The third kappa shape index (κ3) is 2.40. The molecule has 1 aliphatic rings. The molecule has 0 saturated carbocycles. The van der Waals surface area contributed by atoms with E-state index in [4.69, 9.17) is 4.74 Å². The molecule has 0 unspecified atom stereocenters. The van der Waals surface area contributed by atoms with E-state index in [-0.39, 0.29) is 0 Å². The summed E-state index contributed by atoms with van der Waals surface area (Å²) < 4.78 is 5.90. The van der Waals surface area contributed by atoms with E-state index in [0.717, 1.165) is 11.5 Å². The summed E-state index contributed by atoms with van der Waals surface area (Å²) >= 11 is 0. The maximum absolute atomic E-state index is 5.90. The molecule has 0 heterocycles. The van der Waals surface area contributed by atoms with Crippen LogP contribution in [0.3, 0.4) is 0 Å². The van der Waals surface area contributed by atoms with E-state index in [1.54, 1.807) is 0 Å². The van der Waals surface area contributed by atoms with Crippen LogP contribution in [-0.4, -0.2) is 0 Å². The van der Waals surface area contributed by atoms with Crippen molar-refractivity contribution in [2.24, 2.45) is 0 Å². The van der Waals surface area contributed by atoms with Gasteiger partial charge in [0.2, 0.25) is 0 Å². The molecular weight excluding hydrogens is 220 g/mol. The van der Waals surface area contributed by atoms with Crippen LogP contribution in [0.4, 0.5) is 0 Å². The molecule has 1 nitrogen and oxygen atoms in total. The lowest BCUT2D eigenvalue weighted by atomic mass is 9.92. The molecule has 0 spiro atoms. The van der Waals surface area contributed by atoms with Crippen LogP contribution in [0.15, 0.2) is 42.5 Å². The number of fused-ring (bicyclic) bond motifs is 1. The van der Waals surface area contributed by atoms with Crippen molar-refractivity contribution >= 4 is 0 Å². The van der Waals surface area contributed by atoms with E-state index in [9.17, 15) is 0 Å². The second kappa shape index (κ2) is 4.85. The highest BCUT2D eigenvalue weighted by atomic mass is 16.5. The van der Waals surface area contributed by atoms with E-state index in [0.29, 0.717) is 0 Å². The fourth-order valence-corrected chi connectivity index (χ4v) is 2.52. The van der Waals surface area contributed by atoms with Crippen molar-refractivity contribution in [3.8, 4) is 11.5 Å². The van der Waals surface area contributed by atoms with Gasteiger partial charge in [-0.15, -0.1) is 0 Å². The molecule has 1 aliphatic carbocycles. The van der Waals surface area contributed by atoms with Crippen molar-refractivity contribution in [3.63, 3.8) is 0 Å². The third-order valence-corrected chi connectivity index (χ3v) is 3.58. The first-order valence-electron chi connectivity index (χ1n) is 6.67. The highest BCUT2D eigenvalue weighted by Crippen LogP contribution is 2.28. The Morgan fingerprint density at radius 1 is 0.778 bits per heavy atom. The minimum Gasteiger partial charge on any atom is -0.457 e. The van der Waals surface area contributed by atoms with Gasteiger partial charge >= 0.3 is 0 Å². The normalized spacial score (nSPS) is 14.1. The van der Waals surface area contributed by atoms with E-state index < -0.39 is 0 Å². The second-order valence-electron chi connectivity index (χ2n) is 5.05. The Morgan fingerprint density at radius 2 is 1.44 bits per heavy atom. The molecule has 0 aromatic heterocycles. The standard InChI is InChI=1S/C17H18O/c1-13-6-9-16(10-7-13)18-17-11-8-14-4-2-3-5-15(14)12-17/h6-12H,2-5H2,1H3. The van der Waals surface area contributed by atoms with Crippen molar-refractivity contribution in [3.05, 3.63) is 59.2 Å². The summed E-state index contributed by atoms with van der Waals surface area (Å²) in [4.78, 5) is 0. The predicted molar refractivity (Wildman–Crippen MR) is 74.3 cm³/mol. The van der Waals surface area contributed by atoms with Crippen LogP contribution in [-0.2, 0) is 12.8 Å². The first-order chi connectivity index (χ1) is 8.81. The van der Waals surface area contributed by atoms with E-state index >= 15 is 0 Å². The minimum absolute atomic E-state index is 0.913. The maximum atomic E-state index is 5.90. The van der Waals surface area contributed by atoms with E-state index in [1.165, 1.54) is 42.4 Å². The molecule has 3 rings (SSSR count). The quantitative estimate of drug-likeness (QED) is 0.739. The zero-order valence-electron chi connectivity index (χ0n) is 10.8. The van der Waals surface area contributed by atoms with Gasteiger partial charge in [-0.25, -0.2) is 0 Å². The Labute approximate surface area is 108 Å². The molecule has 0 saturated heterocycles. The van der Waals surface area contributed by atoms with Gasteiger partial charge in [-0.2, -0.15) is 0 Å². The van der Waals surface area contributed by atoms with Gasteiger partial charge in [-0.1, -0.05) is 23.8 Å². The fourth-order valence-electron chi connectivity index (χ4n) is 2.52. The maximum Gasteiger partial charge on any atom is 0.127 e. The first kappa shape index (κ1) is 11.3. The van der Waals surface area contributed by atoms with Gasteiger partial charge in [0, 0.05) is 0 Å². The van der Waals surface area contributed by atoms with Crippen LogP contribution < -0.4 is 4.74 Å². The number of rotatable bonds is 2. The van der Waals surface area contributed by atoms with Gasteiger partial charge < -0.3 is 4.74 Å². The largest absolute Gasteiger partial charge is 0.457 e. The van der Waals surface area contributed by atoms with Crippen molar-refractivity contribution in [2.45, 2.75) is 32.6 Å². The smallest absolute Gasteiger partial charge is 0.127 e. The Bertz CT molecular complexity index is 540. The average molecular weight is 238 g/mol. The zero-order chi connectivity index (χ0) is 12.4. The summed E-state index contributed by atoms with van der Waals surface area (Å²) in [7, 11) is 0. The number of aryl methyl sites for hydroxylation is 3. The van der Waals surface area contributed by atoms with Crippen LogP contribution in [0, 0.1) is 6.92 Å². The Balaban J connectivity index is 1.82. The monoisotopic (exact) mass is 238 g/mol. The molecular formula is C17H18O. The van der Waals surface area contributed by atoms with Crippen LogP contribution in [0.25, 0.3) is 0 Å². The van der Waals surface area contributed by atoms with Crippen LogP contribution in [0.5, 0.6) is 11.5 Å². The van der Waals surface area contributed by atoms with Crippen LogP contribution >= 0.6 is 0 Å². The highest BCUT2D eigenvalue weighted by molar-refractivity contribution is 5.40. The highest BCUT2D eigenvalue weighted by Gasteiger charge is 2.10. The van der Waals surface area contributed by atoms with E-state index in [2.05, 4.69) is 37.3 Å². The fraction of sp³-hybridized carbons (Fsp3) is 0.294. The summed E-state index contributed by atoms with van der Waals surface area (Å²) in [5.74, 6) is 1.87. The molecule has 2 aromatic rings. The van der Waals surface area contributed by atoms with Gasteiger partial charge in [-0.05, 0) is 68.0 Å². The van der Waals surface area contributed by atoms with Crippen molar-refractivity contribution < 1.29 is 4.74 Å². The van der Waals surface area contributed by atoms with Crippen molar-refractivity contribution in [1.82, 2.24) is 0 Å². The molecule has 0 fully saturated rings. The Morgan fingerprint density at radius 3 is 2.22 bits per heavy atom. The zero-order valence-corrected chi connectivity index (χ0v) is 10.8. The van der Waals surface area contributed by atoms with Crippen molar-refractivity contribution in [2.75, 3.05) is 0 Å². The summed E-state index contributed by atoms with van der Waals surface area (Å²) in [6.45, 7) is 2.09. The van der Waals surface area contributed by atoms with Gasteiger partial charge in [0.05, 0.1) is 0 Å². The van der Waals surface area contributed by atoms with Crippen molar-refractivity contribution in [1.29, 1.82) is 0 Å².